The number of aromatic nitrogens is 1. The second-order valence-corrected chi connectivity index (χ2v) is 6.61. The lowest BCUT2D eigenvalue weighted by atomic mass is 9.97. The molecule has 0 saturated carbocycles. The second kappa shape index (κ2) is 5.36. The third-order valence-electron chi connectivity index (χ3n) is 2.78. The minimum absolute atomic E-state index is 0.616. The lowest BCUT2D eigenvalue weighted by Crippen LogP contribution is -2.04. The average Bonchev–Trinajstić information content (AvgIpc) is 2.71. The summed E-state index contributed by atoms with van der Waals surface area (Å²) in [4.78, 5) is 4.54. The van der Waals surface area contributed by atoms with E-state index >= 15 is 0 Å². The summed E-state index contributed by atoms with van der Waals surface area (Å²) in [5.74, 6) is 3.35. The first-order valence-corrected chi connectivity index (χ1v) is 7.36. The van der Waals surface area contributed by atoms with Gasteiger partial charge in [-0.05, 0) is 41.7 Å². The maximum absolute atomic E-state index is 4.54. The minimum Gasteiger partial charge on any atom is -0.261 e. The summed E-state index contributed by atoms with van der Waals surface area (Å²) in [7, 11) is 5.03. The predicted octanol–water partition coefficient (Wildman–Crippen LogP) is 1.68. The van der Waals surface area contributed by atoms with Crippen LogP contribution in [-0.2, 0) is 6.42 Å². The van der Waals surface area contributed by atoms with Gasteiger partial charge in [-0.25, -0.2) is 0 Å². The molecule has 1 aromatic rings. The van der Waals surface area contributed by atoms with Crippen LogP contribution in [0.5, 0.6) is 0 Å². The highest BCUT2D eigenvalue weighted by molar-refractivity contribution is 7.99. The van der Waals surface area contributed by atoms with Crippen molar-refractivity contribution in [3.8, 4) is 0 Å². The van der Waals surface area contributed by atoms with E-state index in [0.29, 0.717) is 5.56 Å². The van der Waals surface area contributed by atoms with Crippen LogP contribution in [-0.4, -0.2) is 29.9 Å². The molecule has 3 atom stereocenters. The first-order valence-electron chi connectivity index (χ1n) is 5.54. The summed E-state index contributed by atoms with van der Waals surface area (Å²) < 4.78 is 0. The molecule has 0 amide bonds. The first kappa shape index (κ1) is 11.5. The van der Waals surface area contributed by atoms with Gasteiger partial charge in [-0.1, -0.05) is 6.07 Å². The Morgan fingerprint density at radius 3 is 3.00 bits per heavy atom. The molecule has 1 saturated heterocycles. The number of hydrogen-bond acceptors (Lipinski definition) is 2. The number of nitrogens with zero attached hydrogens (tertiary/aromatic N) is 1. The Bertz CT molecular complexity index is 309. The average molecular weight is 237 g/mol. The molecule has 0 spiro atoms. The van der Waals surface area contributed by atoms with Crippen LogP contribution < -0.4 is 0 Å². The van der Waals surface area contributed by atoms with Crippen molar-refractivity contribution in [2.45, 2.75) is 24.3 Å². The summed E-state index contributed by atoms with van der Waals surface area (Å²) in [6.07, 6.45) is 4.47. The molecular formula is C11H17BNPS. The van der Waals surface area contributed by atoms with Crippen LogP contribution in [0.3, 0.4) is 0 Å². The highest BCUT2D eigenvalue weighted by Gasteiger charge is 2.17. The van der Waals surface area contributed by atoms with Crippen LogP contribution in [0.25, 0.3) is 0 Å². The summed E-state index contributed by atoms with van der Waals surface area (Å²) in [5.41, 5.74) is 3.26. The van der Waals surface area contributed by atoms with E-state index in [1.165, 1.54) is 29.2 Å². The number of rotatable bonds is 3. The van der Waals surface area contributed by atoms with Crippen LogP contribution in [0.2, 0.25) is 0 Å². The van der Waals surface area contributed by atoms with Crippen LogP contribution in [0.15, 0.2) is 18.3 Å². The quantitative estimate of drug-likeness (QED) is 0.586. The molecule has 1 fully saturated rings. The van der Waals surface area contributed by atoms with Crippen molar-refractivity contribution in [2.75, 3.05) is 11.5 Å². The largest absolute Gasteiger partial charge is 0.261 e. The molecule has 4 heteroatoms. The monoisotopic (exact) mass is 237 g/mol. The Labute approximate surface area is 99.4 Å². The van der Waals surface area contributed by atoms with Gasteiger partial charge in [0, 0.05) is 17.6 Å². The van der Waals surface area contributed by atoms with E-state index in [0.717, 1.165) is 12.3 Å². The van der Waals surface area contributed by atoms with Crippen molar-refractivity contribution in [1.29, 1.82) is 0 Å². The van der Waals surface area contributed by atoms with Crippen LogP contribution in [0.1, 0.15) is 23.6 Å². The van der Waals surface area contributed by atoms with Gasteiger partial charge in [0.05, 0.1) is 0 Å². The van der Waals surface area contributed by atoms with Gasteiger partial charge < -0.3 is 0 Å². The van der Waals surface area contributed by atoms with E-state index in [9.17, 15) is 0 Å². The van der Waals surface area contributed by atoms with Gasteiger partial charge in [0.25, 0.3) is 0 Å². The topological polar surface area (TPSA) is 12.9 Å². The number of thioether (sulfide) groups is 1. The first-order chi connectivity index (χ1) is 7.25. The number of hydrogen-bond donors (Lipinski definition) is 0. The zero-order valence-corrected chi connectivity index (χ0v) is 11.1. The highest BCUT2D eigenvalue weighted by Crippen LogP contribution is 2.31. The van der Waals surface area contributed by atoms with Crippen molar-refractivity contribution in [3.63, 3.8) is 0 Å². The molecule has 0 radical (unpaired) electrons. The molecule has 80 valence electrons. The summed E-state index contributed by atoms with van der Waals surface area (Å²) in [6, 6.07) is 4.46. The van der Waals surface area contributed by atoms with Crippen LogP contribution in [0.4, 0.5) is 0 Å². The zero-order chi connectivity index (χ0) is 10.7. The summed E-state index contributed by atoms with van der Waals surface area (Å²) >= 11 is 2.06. The molecule has 1 nitrogen and oxygen atoms in total. The van der Waals surface area contributed by atoms with Gasteiger partial charge in [0.1, 0.15) is 7.85 Å². The van der Waals surface area contributed by atoms with E-state index in [1.807, 2.05) is 0 Å². The third-order valence-corrected chi connectivity index (χ3v) is 4.18. The molecule has 0 bridgehead atoms. The maximum Gasteiger partial charge on any atom is 0.110 e. The van der Waals surface area contributed by atoms with E-state index in [2.05, 4.69) is 52.2 Å². The van der Waals surface area contributed by atoms with Gasteiger partial charge in [0.2, 0.25) is 0 Å². The molecule has 0 aromatic carbocycles. The lowest BCUT2D eigenvalue weighted by Gasteiger charge is -2.09. The predicted molar refractivity (Wildman–Crippen MR) is 74.7 cm³/mol. The van der Waals surface area contributed by atoms with Crippen molar-refractivity contribution < 1.29 is 0 Å². The van der Waals surface area contributed by atoms with Gasteiger partial charge in [-0.2, -0.15) is 11.8 Å². The van der Waals surface area contributed by atoms with Crippen molar-refractivity contribution in [1.82, 2.24) is 4.98 Å². The Morgan fingerprint density at radius 1 is 1.60 bits per heavy atom. The van der Waals surface area contributed by atoms with Crippen LogP contribution in [0, 0.1) is 0 Å². The molecule has 0 N–H and O–H groups in total. The fourth-order valence-corrected chi connectivity index (χ4v) is 3.43. The fraction of sp³-hybridized carbons (Fsp3) is 0.545. The minimum atomic E-state index is 0.616. The third kappa shape index (κ3) is 3.22. The van der Waals surface area contributed by atoms with E-state index in [-0.39, 0.29) is 0 Å². The zero-order valence-electron chi connectivity index (χ0n) is 9.15. The van der Waals surface area contributed by atoms with Crippen LogP contribution >= 0.6 is 21.0 Å². The molecular weight excluding hydrogens is 220 g/mol. The SMILES string of the molecule is BC(P)Cc1ccc(C2CCSC2)cn1. The Hall–Kier alpha value is -0.00506. The van der Waals surface area contributed by atoms with Crippen molar-refractivity contribution in [3.05, 3.63) is 29.6 Å². The molecule has 2 heterocycles. The molecule has 15 heavy (non-hydrogen) atoms. The van der Waals surface area contributed by atoms with Gasteiger partial charge in [-0.15, -0.1) is 9.24 Å². The Balaban J connectivity index is 2.03. The van der Waals surface area contributed by atoms with Gasteiger partial charge in [0.15, 0.2) is 0 Å². The molecule has 1 aromatic heterocycles. The molecule has 0 aliphatic carbocycles. The standard InChI is InChI=1S/C11H17BNPS/c12-11(14)5-10-2-1-8(6-13-10)9-3-4-15-7-9/h1-2,6,9,11H,3-5,7,12,14H2. The van der Waals surface area contributed by atoms with E-state index < -0.39 is 0 Å². The fourth-order valence-electron chi connectivity index (χ4n) is 1.93. The molecule has 3 unspecified atom stereocenters. The van der Waals surface area contributed by atoms with Crippen molar-refractivity contribution in [2.24, 2.45) is 0 Å². The summed E-state index contributed by atoms with van der Waals surface area (Å²) in [5, 5.41) is 0. The number of pyridine rings is 1. The second-order valence-electron chi connectivity index (χ2n) is 4.32. The highest BCUT2D eigenvalue weighted by atomic mass is 32.2. The molecule has 1 aliphatic rings. The van der Waals surface area contributed by atoms with Crippen molar-refractivity contribution >= 4 is 28.8 Å². The summed E-state index contributed by atoms with van der Waals surface area (Å²) in [6.45, 7) is 0. The normalized spacial score (nSPS) is 22.9. The van der Waals surface area contributed by atoms with Gasteiger partial charge in [-0.3, -0.25) is 4.98 Å². The Morgan fingerprint density at radius 2 is 2.47 bits per heavy atom. The van der Waals surface area contributed by atoms with E-state index in [1.54, 1.807) is 0 Å². The van der Waals surface area contributed by atoms with Gasteiger partial charge >= 0.3 is 0 Å². The smallest absolute Gasteiger partial charge is 0.110 e. The molecule has 2 rings (SSSR count). The Kier molecular flexibility index (Phi) is 4.10. The molecule has 1 aliphatic heterocycles. The van der Waals surface area contributed by atoms with E-state index in [4.69, 9.17) is 0 Å². The maximum atomic E-state index is 4.54. The lowest BCUT2D eigenvalue weighted by molar-refractivity contribution is 0.774.